The molecule has 1 amide bonds. The van der Waals surface area contributed by atoms with Crippen molar-refractivity contribution in [3.63, 3.8) is 0 Å². The number of amides is 1. The van der Waals surface area contributed by atoms with Crippen LogP contribution < -0.4 is 14.8 Å². The van der Waals surface area contributed by atoms with Crippen molar-refractivity contribution in [3.05, 3.63) is 63.9 Å². The monoisotopic (exact) mass is 536 g/mol. The van der Waals surface area contributed by atoms with Crippen LogP contribution in [0.2, 0.25) is 5.02 Å². The lowest BCUT2D eigenvalue weighted by atomic mass is 10.1. The van der Waals surface area contributed by atoms with Crippen LogP contribution in [0.25, 0.3) is 6.08 Å². The molecule has 1 heterocycles. The van der Waals surface area contributed by atoms with Crippen molar-refractivity contribution in [1.82, 2.24) is 10.2 Å². The number of rotatable bonds is 9. The molecule has 1 N–H and O–H groups in total. The summed E-state index contributed by atoms with van der Waals surface area (Å²) in [6, 6.07) is 10.8. The van der Waals surface area contributed by atoms with E-state index in [4.69, 9.17) is 21.1 Å². The van der Waals surface area contributed by atoms with Crippen molar-refractivity contribution in [2.75, 3.05) is 18.2 Å². The number of methoxy groups -OCH3 is 1. The number of aromatic nitrogens is 2. The first-order valence-electron chi connectivity index (χ1n) is 9.91. The Balaban J connectivity index is 1.81. The number of nitriles is 1. The average Bonchev–Trinajstić information content (AvgIpc) is 3.31. The molecule has 0 fully saturated rings. The van der Waals surface area contributed by atoms with Crippen LogP contribution in [0.4, 0.5) is 9.52 Å². The van der Waals surface area contributed by atoms with E-state index in [2.05, 4.69) is 15.5 Å². The zero-order valence-electron chi connectivity index (χ0n) is 18.4. The molecule has 0 bridgehead atoms. The number of nitrogens with one attached hydrogen (secondary N) is 1. The van der Waals surface area contributed by atoms with Crippen LogP contribution in [0.5, 0.6) is 11.5 Å². The number of hydrogen-bond donors (Lipinski definition) is 1. The number of benzene rings is 2. The molecule has 0 unspecified atom stereocenters. The average molecular weight is 537 g/mol. The van der Waals surface area contributed by atoms with Gasteiger partial charge in [-0.15, -0.1) is 10.2 Å². The second-order valence-electron chi connectivity index (χ2n) is 6.81. The van der Waals surface area contributed by atoms with Gasteiger partial charge in [0.15, 0.2) is 11.5 Å². The molecule has 2 aromatic carbocycles. The standard InChI is InChI=1S/C22H18ClFN4O5S2/c1-3-35(30,31)22-28-27-21(34-22)26-20(29)15(11-25)8-13-9-16(23)19(18(10-13)32-2)33-12-14-6-4-5-7-17(14)24/h4-10H,3,12H2,1-2H3,(H,26,27,29)/b15-8-. The van der Waals surface area contributed by atoms with E-state index < -0.39 is 21.6 Å². The van der Waals surface area contributed by atoms with Gasteiger partial charge in [0, 0.05) is 5.56 Å². The fraction of sp³-hybridized carbons (Fsp3) is 0.182. The van der Waals surface area contributed by atoms with E-state index in [0.29, 0.717) is 22.5 Å². The second kappa shape index (κ2) is 11.3. The maximum absolute atomic E-state index is 13.9. The van der Waals surface area contributed by atoms with Gasteiger partial charge in [-0.05, 0) is 29.8 Å². The molecule has 1 aromatic heterocycles. The number of carbonyl (C=O) groups excluding carboxylic acids is 1. The first-order chi connectivity index (χ1) is 16.7. The lowest BCUT2D eigenvalue weighted by molar-refractivity contribution is -0.112. The number of anilines is 1. The second-order valence-corrected chi connectivity index (χ2v) is 10.7. The Bertz CT molecular complexity index is 1430. The number of nitrogens with zero attached hydrogens (tertiary/aromatic N) is 3. The predicted molar refractivity (Wildman–Crippen MR) is 129 cm³/mol. The molecule has 3 aromatic rings. The summed E-state index contributed by atoms with van der Waals surface area (Å²) in [5, 5.41) is 19.1. The zero-order valence-corrected chi connectivity index (χ0v) is 20.8. The molecule has 0 spiro atoms. The molecule has 13 heteroatoms. The lowest BCUT2D eigenvalue weighted by Crippen LogP contribution is -2.13. The molecule has 0 radical (unpaired) electrons. The van der Waals surface area contributed by atoms with Crippen molar-refractivity contribution in [2.24, 2.45) is 0 Å². The molecule has 0 atom stereocenters. The summed E-state index contributed by atoms with van der Waals surface area (Å²) < 4.78 is 48.3. The van der Waals surface area contributed by atoms with Crippen LogP contribution >= 0.6 is 22.9 Å². The minimum atomic E-state index is -3.58. The highest BCUT2D eigenvalue weighted by Crippen LogP contribution is 2.37. The zero-order chi connectivity index (χ0) is 25.6. The quantitative estimate of drug-likeness (QED) is 0.244. The molecule has 0 aliphatic rings. The van der Waals surface area contributed by atoms with Crippen molar-refractivity contribution >= 4 is 49.9 Å². The van der Waals surface area contributed by atoms with Crippen molar-refractivity contribution < 1.29 is 27.1 Å². The number of hydrogen-bond acceptors (Lipinski definition) is 9. The fourth-order valence-electron chi connectivity index (χ4n) is 2.72. The van der Waals surface area contributed by atoms with Crippen LogP contribution in [0, 0.1) is 17.1 Å². The van der Waals surface area contributed by atoms with Gasteiger partial charge in [-0.1, -0.05) is 48.1 Å². The molecular formula is C22H18ClFN4O5S2. The third-order valence-electron chi connectivity index (χ3n) is 4.53. The van der Waals surface area contributed by atoms with Gasteiger partial charge >= 0.3 is 0 Å². The summed E-state index contributed by atoms with van der Waals surface area (Å²) in [5.74, 6) is -1.05. The van der Waals surface area contributed by atoms with E-state index >= 15 is 0 Å². The molecule has 0 aliphatic heterocycles. The maximum Gasteiger partial charge on any atom is 0.268 e. The summed E-state index contributed by atoms with van der Waals surface area (Å²) in [6.07, 6.45) is 1.26. The largest absolute Gasteiger partial charge is 0.493 e. The lowest BCUT2D eigenvalue weighted by Gasteiger charge is -2.14. The number of sulfone groups is 1. The van der Waals surface area contributed by atoms with Crippen molar-refractivity contribution in [1.29, 1.82) is 5.26 Å². The van der Waals surface area contributed by atoms with Gasteiger partial charge < -0.3 is 9.47 Å². The summed E-state index contributed by atoms with van der Waals surface area (Å²) >= 11 is 7.01. The van der Waals surface area contributed by atoms with E-state index in [1.807, 2.05) is 0 Å². The smallest absolute Gasteiger partial charge is 0.268 e. The molecule has 35 heavy (non-hydrogen) atoms. The van der Waals surface area contributed by atoms with Crippen LogP contribution in [-0.2, 0) is 21.2 Å². The first kappa shape index (κ1) is 26.1. The van der Waals surface area contributed by atoms with Gasteiger partial charge in [0.05, 0.1) is 17.9 Å². The van der Waals surface area contributed by atoms with Gasteiger partial charge in [-0.2, -0.15) is 5.26 Å². The van der Waals surface area contributed by atoms with Crippen LogP contribution in [0.3, 0.4) is 0 Å². The highest BCUT2D eigenvalue weighted by molar-refractivity contribution is 7.93. The Hall–Kier alpha value is -3.53. The molecule has 182 valence electrons. The van der Waals surface area contributed by atoms with Crippen LogP contribution in [-0.4, -0.2) is 37.4 Å². The highest BCUT2D eigenvalue weighted by atomic mass is 35.5. The van der Waals surface area contributed by atoms with Gasteiger partial charge in [-0.3, -0.25) is 10.1 Å². The molecule has 9 nitrogen and oxygen atoms in total. The van der Waals surface area contributed by atoms with Crippen LogP contribution in [0.1, 0.15) is 18.1 Å². The molecule has 3 rings (SSSR count). The normalized spacial score (nSPS) is 11.6. The van der Waals surface area contributed by atoms with Crippen LogP contribution in [0.15, 0.2) is 46.3 Å². The summed E-state index contributed by atoms with van der Waals surface area (Å²) in [4.78, 5) is 12.5. The summed E-state index contributed by atoms with van der Waals surface area (Å²) in [7, 11) is -2.20. The fourth-order valence-corrected chi connectivity index (χ4v) is 4.97. The Morgan fingerprint density at radius 3 is 2.71 bits per heavy atom. The minimum Gasteiger partial charge on any atom is -0.493 e. The van der Waals surface area contributed by atoms with Gasteiger partial charge in [0.2, 0.25) is 19.3 Å². The first-order valence-corrected chi connectivity index (χ1v) is 12.8. The third-order valence-corrected chi connectivity index (χ3v) is 7.83. The number of ether oxygens (including phenoxy) is 2. The molecule has 0 saturated carbocycles. The van der Waals surface area contributed by atoms with Gasteiger partial charge in [0.1, 0.15) is 24.1 Å². The Morgan fingerprint density at radius 1 is 1.31 bits per heavy atom. The number of halogens is 2. The van der Waals surface area contributed by atoms with E-state index in [1.165, 1.54) is 38.3 Å². The van der Waals surface area contributed by atoms with E-state index in [-0.39, 0.29) is 43.9 Å². The highest BCUT2D eigenvalue weighted by Gasteiger charge is 2.20. The van der Waals surface area contributed by atoms with Crippen molar-refractivity contribution in [2.45, 2.75) is 17.9 Å². The predicted octanol–water partition coefficient (Wildman–Crippen LogP) is 4.26. The maximum atomic E-state index is 13.9. The van der Waals surface area contributed by atoms with E-state index in [0.717, 1.165) is 0 Å². The van der Waals surface area contributed by atoms with Gasteiger partial charge in [0.25, 0.3) is 5.91 Å². The van der Waals surface area contributed by atoms with Crippen molar-refractivity contribution in [3.8, 4) is 17.6 Å². The van der Waals surface area contributed by atoms with Gasteiger partial charge in [-0.25, -0.2) is 12.8 Å². The third kappa shape index (κ3) is 6.33. The number of carbonyl (C=O) groups is 1. The summed E-state index contributed by atoms with van der Waals surface area (Å²) in [5.41, 5.74) is 0.367. The van der Waals surface area contributed by atoms with E-state index in [1.54, 1.807) is 24.3 Å². The Labute approximate surface area is 209 Å². The molecule has 0 aliphatic carbocycles. The SMILES string of the molecule is CCS(=O)(=O)c1nnc(NC(=O)/C(C#N)=C\c2cc(Cl)c(OCc3ccccc3F)c(OC)c2)s1. The topological polar surface area (TPSA) is 131 Å². The Kier molecular flexibility index (Phi) is 8.39. The van der Waals surface area contributed by atoms with E-state index in [9.17, 15) is 22.9 Å². The summed E-state index contributed by atoms with van der Waals surface area (Å²) in [6.45, 7) is 1.36. The molecule has 0 saturated heterocycles. The Morgan fingerprint density at radius 2 is 2.06 bits per heavy atom. The minimum absolute atomic E-state index is 0.0734. The molecular weight excluding hydrogens is 519 g/mol.